The predicted molar refractivity (Wildman–Crippen MR) is 87.5 cm³/mol. The van der Waals surface area contributed by atoms with E-state index in [1.165, 1.54) is 24.2 Å². The third-order valence-electron chi connectivity index (χ3n) is 3.96. The lowest BCUT2D eigenvalue weighted by atomic mass is 10.2. The first-order valence-corrected chi connectivity index (χ1v) is 8.13. The monoisotopic (exact) mass is 312 g/mol. The molecule has 1 aromatic carbocycles. The Bertz CT molecular complexity index is 876. The first-order chi connectivity index (χ1) is 10.6. The summed E-state index contributed by atoms with van der Waals surface area (Å²) in [6, 6.07) is 5.88. The smallest absolute Gasteiger partial charge is 0.267 e. The molecule has 0 bridgehead atoms. The van der Waals surface area contributed by atoms with Crippen LogP contribution in [0, 0.1) is 6.92 Å². The summed E-state index contributed by atoms with van der Waals surface area (Å²) in [6.07, 6.45) is 4.07. The Morgan fingerprint density at radius 1 is 1.41 bits per heavy atom. The molecule has 0 unspecified atom stereocenters. The summed E-state index contributed by atoms with van der Waals surface area (Å²) in [7, 11) is 2.06. The van der Waals surface area contributed by atoms with Gasteiger partial charge in [-0.2, -0.15) is 0 Å². The number of imidazole rings is 1. The number of anilines is 1. The number of aryl methyl sites for hydroxylation is 2. The van der Waals surface area contributed by atoms with Crippen LogP contribution in [0.15, 0.2) is 24.4 Å². The van der Waals surface area contributed by atoms with Crippen LogP contribution in [0.4, 0.5) is 5.69 Å². The van der Waals surface area contributed by atoms with Crippen LogP contribution in [0.5, 0.6) is 0 Å². The molecule has 1 aliphatic rings. The van der Waals surface area contributed by atoms with E-state index in [-0.39, 0.29) is 5.91 Å². The summed E-state index contributed by atoms with van der Waals surface area (Å²) in [5.74, 6) is 1.63. The van der Waals surface area contributed by atoms with E-state index in [2.05, 4.69) is 21.9 Å². The molecule has 0 aliphatic heterocycles. The molecule has 0 radical (unpaired) electrons. The minimum Gasteiger partial charge on any atom is -0.331 e. The molecule has 6 heteroatoms. The van der Waals surface area contributed by atoms with E-state index < -0.39 is 0 Å². The fraction of sp³-hybridized carbons (Fsp3) is 0.312. The normalized spacial score (nSPS) is 14.5. The quantitative estimate of drug-likeness (QED) is 0.805. The van der Waals surface area contributed by atoms with Crippen LogP contribution < -0.4 is 5.32 Å². The van der Waals surface area contributed by atoms with Gasteiger partial charge in [0.1, 0.15) is 10.7 Å². The minimum atomic E-state index is -0.122. The number of aromatic nitrogens is 3. The fourth-order valence-corrected chi connectivity index (χ4v) is 3.33. The second-order valence-electron chi connectivity index (χ2n) is 5.70. The molecule has 0 saturated heterocycles. The van der Waals surface area contributed by atoms with Gasteiger partial charge in [0.05, 0.1) is 22.2 Å². The summed E-state index contributed by atoms with van der Waals surface area (Å²) < 4.78 is 2.16. The molecule has 1 N–H and O–H groups in total. The molecule has 1 fully saturated rings. The lowest BCUT2D eigenvalue weighted by Gasteiger charge is -2.03. The maximum atomic E-state index is 12.2. The Morgan fingerprint density at radius 2 is 2.23 bits per heavy atom. The number of rotatable bonds is 3. The van der Waals surface area contributed by atoms with Crippen LogP contribution in [-0.2, 0) is 7.05 Å². The number of benzene rings is 1. The lowest BCUT2D eigenvalue weighted by Crippen LogP contribution is -2.09. The van der Waals surface area contributed by atoms with Gasteiger partial charge in [0, 0.05) is 18.7 Å². The van der Waals surface area contributed by atoms with Crippen LogP contribution in [0.2, 0.25) is 0 Å². The highest BCUT2D eigenvalue weighted by molar-refractivity contribution is 7.13. The number of nitrogens with one attached hydrogen (secondary N) is 1. The van der Waals surface area contributed by atoms with E-state index in [4.69, 9.17) is 4.98 Å². The standard InChI is InChI=1S/C16H16N4OS/c1-9-17-8-14(22-9)16(21)18-11-5-6-13-12(7-11)19-15(20(13)2)10-3-4-10/h5-8,10H,3-4H2,1-2H3,(H,18,21). The second-order valence-corrected chi connectivity index (χ2v) is 6.94. The van der Waals surface area contributed by atoms with Crippen molar-refractivity contribution in [3.8, 4) is 0 Å². The third kappa shape index (κ3) is 2.29. The molecule has 0 atom stereocenters. The predicted octanol–water partition coefficient (Wildman–Crippen LogP) is 3.47. The molecule has 3 aromatic rings. The molecule has 112 valence electrons. The zero-order valence-corrected chi connectivity index (χ0v) is 13.3. The molecule has 0 spiro atoms. The first kappa shape index (κ1) is 13.5. The molecule has 5 nitrogen and oxygen atoms in total. The molecular formula is C16H16N4OS. The van der Waals surface area contributed by atoms with Crippen molar-refractivity contribution in [2.24, 2.45) is 7.05 Å². The number of carbonyl (C=O) groups excluding carboxylic acids is 1. The van der Waals surface area contributed by atoms with Gasteiger partial charge >= 0.3 is 0 Å². The summed E-state index contributed by atoms with van der Waals surface area (Å²) in [4.78, 5) is 21.6. The summed E-state index contributed by atoms with van der Waals surface area (Å²) in [5, 5.41) is 3.81. The van der Waals surface area contributed by atoms with E-state index in [9.17, 15) is 4.79 Å². The van der Waals surface area contributed by atoms with Crippen molar-refractivity contribution in [1.82, 2.24) is 14.5 Å². The van der Waals surface area contributed by atoms with Crippen molar-refractivity contribution in [2.45, 2.75) is 25.7 Å². The van der Waals surface area contributed by atoms with Gasteiger partial charge in [-0.3, -0.25) is 4.79 Å². The average Bonchev–Trinajstić information content (AvgIpc) is 3.17. The van der Waals surface area contributed by atoms with Crippen molar-refractivity contribution in [3.63, 3.8) is 0 Å². The van der Waals surface area contributed by atoms with Gasteiger partial charge in [0.15, 0.2) is 0 Å². The number of hydrogen-bond acceptors (Lipinski definition) is 4. The molecular weight excluding hydrogens is 296 g/mol. The maximum absolute atomic E-state index is 12.2. The lowest BCUT2D eigenvalue weighted by molar-refractivity contribution is 0.103. The van der Waals surface area contributed by atoms with Crippen molar-refractivity contribution in [1.29, 1.82) is 0 Å². The van der Waals surface area contributed by atoms with Crippen molar-refractivity contribution < 1.29 is 4.79 Å². The molecule has 1 saturated carbocycles. The molecule has 1 aliphatic carbocycles. The third-order valence-corrected chi connectivity index (χ3v) is 4.87. The summed E-state index contributed by atoms with van der Waals surface area (Å²) in [6.45, 7) is 1.89. The Morgan fingerprint density at radius 3 is 2.91 bits per heavy atom. The highest BCUT2D eigenvalue weighted by atomic mass is 32.1. The summed E-state index contributed by atoms with van der Waals surface area (Å²) in [5.41, 5.74) is 2.81. The van der Waals surface area contributed by atoms with Gasteiger partial charge in [-0.1, -0.05) is 0 Å². The number of thiazole rings is 1. The SMILES string of the molecule is Cc1ncc(C(=O)Nc2ccc3c(c2)nc(C2CC2)n3C)s1. The van der Waals surface area contributed by atoms with Crippen LogP contribution in [0.25, 0.3) is 11.0 Å². The number of hydrogen-bond donors (Lipinski definition) is 1. The van der Waals surface area contributed by atoms with Gasteiger partial charge in [-0.25, -0.2) is 9.97 Å². The number of carbonyl (C=O) groups is 1. The topological polar surface area (TPSA) is 59.8 Å². The zero-order chi connectivity index (χ0) is 15.3. The molecule has 2 aromatic heterocycles. The minimum absolute atomic E-state index is 0.122. The van der Waals surface area contributed by atoms with Crippen molar-refractivity contribution in [2.75, 3.05) is 5.32 Å². The van der Waals surface area contributed by atoms with E-state index >= 15 is 0 Å². The molecule has 4 rings (SSSR count). The van der Waals surface area contributed by atoms with E-state index in [0.29, 0.717) is 10.8 Å². The zero-order valence-electron chi connectivity index (χ0n) is 12.5. The molecule has 1 amide bonds. The van der Waals surface area contributed by atoms with Gasteiger partial charge in [0.2, 0.25) is 0 Å². The van der Waals surface area contributed by atoms with Crippen LogP contribution >= 0.6 is 11.3 Å². The second kappa shape index (κ2) is 4.91. The van der Waals surface area contributed by atoms with Gasteiger partial charge in [-0.05, 0) is 38.0 Å². The van der Waals surface area contributed by atoms with E-state index in [0.717, 1.165) is 27.6 Å². The Balaban J connectivity index is 1.63. The van der Waals surface area contributed by atoms with E-state index in [1.807, 2.05) is 25.1 Å². The summed E-state index contributed by atoms with van der Waals surface area (Å²) >= 11 is 1.39. The highest BCUT2D eigenvalue weighted by Crippen LogP contribution is 2.40. The maximum Gasteiger partial charge on any atom is 0.267 e. The van der Waals surface area contributed by atoms with Crippen LogP contribution in [0.3, 0.4) is 0 Å². The van der Waals surface area contributed by atoms with Gasteiger partial charge in [0.25, 0.3) is 5.91 Å². The largest absolute Gasteiger partial charge is 0.331 e. The van der Waals surface area contributed by atoms with Gasteiger partial charge < -0.3 is 9.88 Å². The highest BCUT2D eigenvalue weighted by Gasteiger charge is 2.28. The average molecular weight is 312 g/mol. The molecule has 2 heterocycles. The number of fused-ring (bicyclic) bond motifs is 1. The first-order valence-electron chi connectivity index (χ1n) is 7.32. The number of amides is 1. The Labute approximate surface area is 132 Å². The van der Waals surface area contributed by atoms with Crippen molar-refractivity contribution >= 4 is 34.0 Å². The number of nitrogens with zero attached hydrogens (tertiary/aromatic N) is 3. The fourth-order valence-electron chi connectivity index (χ4n) is 2.66. The Kier molecular flexibility index (Phi) is 3.00. The van der Waals surface area contributed by atoms with Gasteiger partial charge in [-0.15, -0.1) is 11.3 Å². The molecule has 22 heavy (non-hydrogen) atoms. The Hall–Kier alpha value is -2.21. The van der Waals surface area contributed by atoms with E-state index in [1.54, 1.807) is 6.20 Å². The van der Waals surface area contributed by atoms with Crippen LogP contribution in [-0.4, -0.2) is 20.4 Å². The van der Waals surface area contributed by atoms with Crippen LogP contribution in [0.1, 0.15) is 39.3 Å². The van der Waals surface area contributed by atoms with Crippen molar-refractivity contribution in [3.05, 3.63) is 40.1 Å².